The van der Waals surface area contributed by atoms with Crippen LogP contribution in [-0.2, 0) is 0 Å². The van der Waals surface area contributed by atoms with Crippen molar-refractivity contribution in [3.8, 4) is 5.75 Å². The summed E-state index contributed by atoms with van der Waals surface area (Å²) in [6, 6.07) is 11.6. The van der Waals surface area contributed by atoms with Gasteiger partial charge in [0.1, 0.15) is 5.75 Å². The Hall–Kier alpha value is -1.54. The maximum atomic E-state index is 6.36. The predicted molar refractivity (Wildman–Crippen MR) is 64.9 cm³/mol. The number of benzene rings is 1. The molecule has 0 saturated heterocycles. The van der Waals surface area contributed by atoms with Crippen molar-refractivity contribution in [2.45, 2.75) is 5.38 Å². The van der Waals surface area contributed by atoms with Gasteiger partial charge in [-0.1, -0.05) is 12.1 Å². The fourth-order valence-corrected chi connectivity index (χ4v) is 1.79. The summed E-state index contributed by atoms with van der Waals surface area (Å²) in [5, 5.41) is -0.145. The Morgan fingerprint density at radius 1 is 1.00 bits per heavy atom. The van der Waals surface area contributed by atoms with Gasteiger partial charge < -0.3 is 4.74 Å². The minimum absolute atomic E-state index is 0.145. The van der Waals surface area contributed by atoms with E-state index in [0.717, 1.165) is 16.9 Å². The Balaban J connectivity index is 2.24. The highest BCUT2D eigenvalue weighted by Crippen LogP contribution is 2.29. The maximum absolute atomic E-state index is 6.36. The summed E-state index contributed by atoms with van der Waals surface area (Å²) in [5.41, 5.74) is 2.09. The number of hydrogen-bond acceptors (Lipinski definition) is 2. The largest absolute Gasteiger partial charge is 0.497 e. The smallest absolute Gasteiger partial charge is 0.118 e. The van der Waals surface area contributed by atoms with Crippen LogP contribution in [0.15, 0.2) is 48.8 Å². The number of pyridine rings is 1. The lowest BCUT2D eigenvalue weighted by atomic mass is 10.1. The fraction of sp³-hybridized carbons (Fsp3) is 0.154. The van der Waals surface area contributed by atoms with E-state index < -0.39 is 0 Å². The lowest BCUT2D eigenvalue weighted by Crippen LogP contribution is -1.93. The standard InChI is InChI=1S/C13H12ClNO/c1-16-12-4-2-10(3-5-12)13(14)11-6-8-15-9-7-11/h2-9,13H,1H3. The normalized spacial score (nSPS) is 12.1. The number of halogens is 1. The van der Waals surface area contributed by atoms with Gasteiger partial charge in [0.25, 0.3) is 0 Å². The van der Waals surface area contributed by atoms with E-state index in [-0.39, 0.29) is 5.38 Å². The van der Waals surface area contributed by atoms with Crippen molar-refractivity contribution >= 4 is 11.6 Å². The molecule has 2 nitrogen and oxygen atoms in total. The van der Waals surface area contributed by atoms with Crippen LogP contribution in [0.4, 0.5) is 0 Å². The third-order valence-electron chi connectivity index (χ3n) is 2.41. The van der Waals surface area contributed by atoms with Gasteiger partial charge in [-0.3, -0.25) is 4.98 Å². The van der Waals surface area contributed by atoms with E-state index >= 15 is 0 Å². The van der Waals surface area contributed by atoms with E-state index in [0.29, 0.717) is 0 Å². The van der Waals surface area contributed by atoms with Gasteiger partial charge in [0.15, 0.2) is 0 Å². The quantitative estimate of drug-likeness (QED) is 0.758. The van der Waals surface area contributed by atoms with Crippen molar-refractivity contribution in [1.29, 1.82) is 0 Å². The van der Waals surface area contributed by atoms with E-state index in [9.17, 15) is 0 Å². The van der Waals surface area contributed by atoms with Crippen LogP contribution in [0.1, 0.15) is 16.5 Å². The number of alkyl halides is 1. The highest BCUT2D eigenvalue weighted by Gasteiger charge is 2.09. The fourth-order valence-electron chi connectivity index (χ4n) is 1.50. The number of ether oxygens (including phenoxy) is 1. The first-order chi connectivity index (χ1) is 7.81. The molecule has 2 aromatic rings. The summed E-state index contributed by atoms with van der Waals surface area (Å²) in [5.74, 6) is 0.836. The second-order valence-electron chi connectivity index (χ2n) is 3.42. The minimum Gasteiger partial charge on any atom is -0.497 e. The molecular formula is C13H12ClNO. The highest BCUT2D eigenvalue weighted by molar-refractivity contribution is 6.22. The number of nitrogens with zero attached hydrogens (tertiary/aromatic N) is 1. The first kappa shape index (κ1) is 11.0. The minimum atomic E-state index is -0.145. The van der Waals surface area contributed by atoms with E-state index in [1.807, 2.05) is 36.4 Å². The van der Waals surface area contributed by atoms with Crippen molar-refractivity contribution in [3.63, 3.8) is 0 Å². The third-order valence-corrected chi connectivity index (χ3v) is 2.91. The molecule has 1 aromatic carbocycles. The first-order valence-electron chi connectivity index (χ1n) is 4.99. The molecule has 1 unspecified atom stereocenters. The Labute approximate surface area is 99.9 Å². The van der Waals surface area contributed by atoms with Gasteiger partial charge in [-0.25, -0.2) is 0 Å². The molecule has 82 valence electrons. The molecule has 0 aliphatic rings. The van der Waals surface area contributed by atoms with Crippen LogP contribution < -0.4 is 4.74 Å². The molecule has 1 atom stereocenters. The summed E-state index contributed by atoms with van der Waals surface area (Å²) in [7, 11) is 1.65. The molecule has 0 saturated carbocycles. The summed E-state index contributed by atoms with van der Waals surface area (Å²) in [6.07, 6.45) is 3.49. The van der Waals surface area contributed by atoms with Crippen LogP contribution in [-0.4, -0.2) is 12.1 Å². The molecule has 0 fully saturated rings. The van der Waals surface area contributed by atoms with E-state index in [1.165, 1.54) is 0 Å². The van der Waals surface area contributed by atoms with Gasteiger partial charge in [-0.2, -0.15) is 0 Å². The van der Waals surface area contributed by atoms with Crippen molar-refractivity contribution in [1.82, 2.24) is 4.98 Å². The molecule has 0 radical (unpaired) electrons. The zero-order valence-electron chi connectivity index (χ0n) is 8.93. The Morgan fingerprint density at radius 2 is 1.56 bits per heavy atom. The molecule has 1 aromatic heterocycles. The van der Waals surface area contributed by atoms with E-state index in [1.54, 1.807) is 19.5 Å². The summed E-state index contributed by atoms with van der Waals surface area (Å²) in [4.78, 5) is 3.97. The molecular weight excluding hydrogens is 222 g/mol. The van der Waals surface area contributed by atoms with Crippen LogP contribution in [0.2, 0.25) is 0 Å². The van der Waals surface area contributed by atoms with Gasteiger partial charge in [0.2, 0.25) is 0 Å². The average Bonchev–Trinajstić information content (AvgIpc) is 2.39. The van der Waals surface area contributed by atoms with Crippen molar-refractivity contribution < 1.29 is 4.74 Å². The average molecular weight is 234 g/mol. The topological polar surface area (TPSA) is 22.1 Å². The van der Waals surface area contributed by atoms with Gasteiger partial charge in [-0.15, -0.1) is 11.6 Å². The molecule has 2 rings (SSSR count). The van der Waals surface area contributed by atoms with Crippen LogP contribution in [0, 0.1) is 0 Å². The monoisotopic (exact) mass is 233 g/mol. The van der Waals surface area contributed by atoms with Gasteiger partial charge >= 0.3 is 0 Å². The molecule has 3 heteroatoms. The van der Waals surface area contributed by atoms with Crippen LogP contribution in [0.25, 0.3) is 0 Å². The Morgan fingerprint density at radius 3 is 2.12 bits per heavy atom. The van der Waals surface area contributed by atoms with Crippen LogP contribution >= 0.6 is 11.6 Å². The zero-order chi connectivity index (χ0) is 11.4. The predicted octanol–water partition coefficient (Wildman–Crippen LogP) is 3.42. The van der Waals surface area contributed by atoms with E-state index in [4.69, 9.17) is 16.3 Å². The lowest BCUT2D eigenvalue weighted by Gasteiger charge is -2.10. The number of aromatic nitrogens is 1. The summed E-state index contributed by atoms with van der Waals surface area (Å²) in [6.45, 7) is 0. The first-order valence-corrected chi connectivity index (χ1v) is 5.43. The molecule has 0 aliphatic heterocycles. The Bertz CT molecular complexity index is 441. The van der Waals surface area contributed by atoms with Crippen molar-refractivity contribution in [3.05, 3.63) is 59.9 Å². The highest BCUT2D eigenvalue weighted by atomic mass is 35.5. The second kappa shape index (κ2) is 4.99. The zero-order valence-corrected chi connectivity index (χ0v) is 9.69. The van der Waals surface area contributed by atoms with Gasteiger partial charge in [-0.05, 0) is 35.4 Å². The molecule has 0 bridgehead atoms. The second-order valence-corrected chi connectivity index (χ2v) is 3.85. The van der Waals surface area contributed by atoms with Gasteiger partial charge in [0.05, 0.1) is 12.5 Å². The number of rotatable bonds is 3. The summed E-state index contributed by atoms with van der Waals surface area (Å²) >= 11 is 6.36. The molecule has 0 N–H and O–H groups in total. The SMILES string of the molecule is COc1ccc(C(Cl)c2ccncc2)cc1. The third kappa shape index (κ3) is 2.34. The summed E-state index contributed by atoms with van der Waals surface area (Å²) < 4.78 is 5.10. The molecule has 0 amide bonds. The van der Waals surface area contributed by atoms with Crippen LogP contribution in [0.5, 0.6) is 5.75 Å². The van der Waals surface area contributed by atoms with Crippen LogP contribution in [0.3, 0.4) is 0 Å². The van der Waals surface area contributed by atoms with E-state index in [2.05, 4.69) is 4.98 Å². The lowest BCUT2D eigenvalue weighted by molar-refractivity contribution is 0.414. The van der Waals surface area contributed by atoms with Crippen molar-refractivity contribution in [2.75, 3.05) is 7.11 Å². The maximum Gasteiger partial charge on any atom is 0.118 e. The number of methoxy groups -OCH3 is 1. The Kier molecular flexibility index (Phi) is 3.42. The molecule has 16 heavy (non-hydrogen) atoms. The number of hydrogen-bond donors (Lipinski definition) is 0. The molecule has 1 heterocycles. The molecule has 0 aliphatic carbocycles. The van der Waals surface area contributed by atoms with Gasteiger partial charge in [0, 0.05) is 12.4 Å². The van der Waals surface area contributed by atoms with Crippen molar-refractivity contribution in [2.24, 2.45) is 0 Å². The molecule has 0 spiro atoms.